The molecule has 0 spiro atoms. The molecule has 0 aromatic heterocycles. The Kier molecular flexibility index (Phi) is 3.89. The highest BCUT2D eigenvalue weighted by atomic mass is 32.1. The minimum atomic E-state index is -0.983. The molecule has 0 aliphatic rings. The first-order valence-corrected chi connectivity index (χ1v) is 4.13. The lowest BCUT2D eigenvalue weighted by Crippen LogP contribution is -2.48. The summed E-state index contributed by atoms with van der Waals surface area (Å²) in [7, 11) is 0. The molecule has 0 rings (SSSR count). The van der Waals surface area contributed by atoms with Crippen LogP contribution in [0.15, 0.2) is 0 Å². The van der Waals surface area contributed by atoms with Crippen LogP contribution in [0.4, 0.5) is 0 Å². The van der Waals surface area contributed by atoms with E-state index in [2.05, 4.69) is 12.6 Å². The molecule has 1 atom stereocenters. The number of hydrogen-bond donors (Lipinski definition) is 3. The van der Waals surface area contributed by atoms with E-state index < -0.39 is 16.8 Å². The number of carbonyl (C=O) groups is 1. The third-order valence-electron chi connectivity index (χ3n) is 2.07. The molecule has 0 aliphatic carbocycles. The van der Waals surface area contributed by atoms with Crippen LogP contribution in [0.1, 0.15) is 26.7 Å². The zero-order chi connectivity index (χ0) is 9.07. The number of thiol groups is 1. The van der Waals surface area contributed by atoms with Gasteiger partial charge in [0.1, 0.15) is 6.04 Å². The van der Waals surface area contributed by atoms with Crippen LogP contribution >= 0.6 is 12.6 Å². The predicted molar refractivity (Wildman–Crippen MR) is 47.9 cm³/mol. The molecule has 0 fully saturated rings. The number of carboxylic acid groups (broad SMARTS) is 1. The monoisotopic (exact) mass is 177 g/mol. The molecule has 3 nitrogen and oxygen atoms in total. The third-order valence-corrected chi connectivity index (χ3v) is 2.98. The molecule has 66 valence electrons. The summed E-state index contributed by atoms with van der Waals surface area (Å²) in [5.74, 6) is -0.983. The highest BCUT2D eigenvalue weighted by Gasteiger charge is 2.34. The van der Waals surface area contributed by atoms with E-state index in [0.717, 1.165) is 0 Å². The zero-order valence-corrected chi connectivity index (χ0v) is 7.77. The van der Waals surface area contributed by atoms with Gasteiger partial charge in [0.05, 0.1) is 0 Å². The van der Waals surface area contributed by atoms with Gasteiger partial charge in [0.25, 0.3) is 0 Å². The van der Waals surface area contributed by atoms with E-state index in [0.29, 0.717) is 12.8 Å². The number of carboxylic acids is 1. The molecular formula is C7H15NO2S. The Morgan fingerprint density at radius 1 is 1.64 bits per heavy atom. The van der Waals surface area contributed by atoms with E-state index in [1.54, 1.807) is 0 Å². The van der Waals surface area contributed by atoms with Crippen molar-refractivity contribution >= 4 is 18.6 Å². The minimum Gasteiger partial charge on any atom is -0.480 e. The maximum atomic E-state index is 10.5. The molecule has 3 N–H and O–H groups in total. The molecular weight excluding hydrogens is 162 g/mol. The number of hydrogen-bond acceptors (Lipinski definition) is 3. The van der Waals surface area contributed by atoms with E-state index in [-0.39, 0.29) is 0 Å². The van der Waals surface area contributed by atoms with Crippen LogP contribution in [0.5, 0.6) is 0 Å². The van der Waals surface area contributed by atoms with E-state index >= 15 is 0 Å². The van der Waals surface area contributed by atoms with Gasteiger partial charge >= 0.3 is 5.97 Å². The van der Waals surface area contributed by atoms with Gasteiger partial charge in [0.2, 0.25) is 0 Å². The summed E-state index contributed by atoms with van der Waals surface area (Å²) in [6, 6.07) is -0.874. The topological polar surface area (TPSA) is 63.3 Å². The molecule has 4 heteroatoms. The van der Waals surface area contributed by atoms with Crippen LogP contribution in [0.25, 0.3) is 0 Å². The van der Waals surface area contributed by atoms with Crippen LogP contribution in [0.3, 0.4) is 0 Å². The van der Waals surface area contributed by atoms with E-state index in [4.69, 9.17) is 10.8 Å². The van der Waals surface area contributed by atoms with Gasteiger partial charge in [-0.15, -0.1) is 0 Å². The molecule has 0 amide bonds. The quantitative estimate of drug-likeness (QED) is 0.559. The Morgan fingerprint density at radius 2 is 2.00 bits per heavy atom. The van der Waals surface area contributed by atoms with Gasteiger partial charge in [-0.25, -0.2) is 0 Å². The lowest BCUT2D eigenvalue weighted by atomic mass is 9.94. The molecule has 0 heterocycles. The average Bonchev–Trinajstić information content (AvgIpc) is 2.01. The van der Waals surface area contributed by atoms with Crippen molar-refractivity contribution < 1.29 is 9.90 Å². The zero-order valence-electron chi connectivity index (χ0n) is 6.87. The second-order valence-electron chi connectivity index (χ2n) is 2.63. The Bertz CT molecular complexity index is 145. The van der Waals surface area contributed by atoms with E-state index in [1.165, 1.54) is 0 Å². The van der Waals surface area contributed by atoms with Crippen molar-refractivity contribution in [2.45, 2.75) is 37.5 Å². The summed E-state index contributed by atoms with van der Waals surface area (Å²) in [6.45, 7) is 3.78. The van der Waals surface area contributed by atoms with Gasteiger partial charge < -0.3 is 10.8 Å². The molecule has 0 aliphatic heterocycles. The first-order chi connectivity index (χ1) is 4.98. The fourth-order valence-corrected chi connectivity index (χ4v) is 1.03. The highest BCUT2D eigenvalue weighted by molar-refractivity contribution is 7.82. The molecule has 0 unspecified atom stereocenters. The second kappa shape index (κ2) is 3.97. The third kappa shape index (κ3) is 2.38. The largest absolute Gasteiger partial charge is 0.480 e. The first kappa shape index (κ1) is 10.8. The van der Waals surface area contributed by atoms with E-state index in [1.807, 2.05) is 13.8 Å². The smallest absolute Gasteiger partial charge is 0.321 e. The van der Waals surface area contributed by atoms with Crippen molar-refractivity contribution in [3.63, 3.8) is 0 Å². The number of aliphatic carboxylic acids is 1. The summed E-state index contributed by atoms with van der Waals surface area (Å²) in [6.07, 6.45) is 1.33. The van der Waals surface area contributed by atoms with Crippen LogP contribution < -0.4 is 5.73 Å². The van der Waals surface area contributed by atoms with Gasteiger partial charge in [0, 0.05) is 4.75 Å². The Hall–Kier alpha value is -0.220. The maximum absolute atomic E-state index is 10.5. The van der Waals surface area contributed by atoms with Crippen molar-refractivity contribution in [3.8, 4) is 0 Å². The molecule has 0 bridgehead atoms. The standard InChI is InChI=1S/C7H15NO2S/c1-3-7(11,4-2)5(8)6(9)10/h5,11H,3-4,8H2,1-2H3,(H,9,10)/t5-/m1/s1. The number of nitrogens with two attached hydrogens (primary N) is 1. The predicted octanol–water partition coefficient (Wildman–Crippen LogP) is 0.887. The first-order valence-electron chi connectivity index (χ1n) is 3.68. The maximum Gasteiger partial charge on any atom is 0.321 e. The van der Waals surface area contributed by atoms with Crippen LogP contribution in [-0.2, 0) is 4.79 Å². The SMILES string of the molecule is CCC(S)(CC)[C@H](N)C(=O)O. The summed E-state index contributed by atoms with van der Waals surface area (Å²) in [5, 5.41) is 8.61. The van der Waals surface area contributed by atoms with Crippen molar-refractivity contribution in [2.24, 2.45) is 5.73 Å². The van der Waals surface area contributed by atoms with Crippen LogP contribution in [-0.4, -0.2) is 21.9 Å². The lowest BCUT2D eigenvalue weighted by molar-refractivity contribution is -0.139. The fraction of sp³-hybridized carbons (Fsp3) is 0.857. The molecule has 0 radical (unpaired) electrons. The van der Waals surface area contributed by atoms with Crippen molar-refractivity contribution in [1.82, 2.24) is 0 Å². The summed E-state index contributed by atoms with van der Waals surface area (Å²) >= 11 is 4.25. The number of rotatable bonds is 4. The summed E-state index contributed by atoms with van der Waals surface area (Å²) < 4.78 is -0.564. The summed E-state index contributed by atoms with van der Waals surface area (Å²) in [5.41, 5.74) is 5.44. The van der Waals surface area contributed by atoms with Crippen LogP contribution in [0, 0.1) is 0 Å². The molecule has 11 heavy (non-hydrogen) atoms. The van der Waals surface area contributed by atoms with Gasteiger partial charge in [0.15, 0.2) is 0 Å². The lowest BCUT2D eigenvalue weighted by Gasteiger charge is -2.29. The normalized spacial score (nSPS) is 14.5. The van der Waals surface area contributed by atoms with Gasteiger partial charge in [-0.1, -0.05) is 13.8 Å². The minimum absolute atomic E-state index is 0.564. The Labute approximate surface area is 72.4 Å². The van der Waals surface area contributed by atoms with Gasteiger partial charge in [-0.05, 0) is 12.8 Å². The Morgan fingerprint density at radius 3 is 2.09 bits per heavy atom. The van der Waals surface area contributed by atoms with Crippen LogP contribution in [0.2, 0.25) is 0 Å². The summed E-state index contributed by atoms with van der Waals surface area (Å²) in [4.78, 5) is 10.5. The molecule has 0 aromatic rings. The van der Waals surface area contributed by atoms with Crippen molar-refractivity contribution in [3.05, 3.63) is 0 Å². The average molecular weight is 177 g/mol. The van der Waals surface area contributed by atoms with Crippen molar-refractivity contribution in [1.29, 1.82) is 0 Å². The Balaban J connectivity index is 4.36. The van der Waals surface area contributed by atoms with E-state index in [9.17, 15) is 4.79 Å². The highest BCUT2D eigenvalue weighted by Crippen LogP contribution is 2.26. The van der Waals surface area contributed by atoms with Gasteiger partial charge in [-0.3, -0.25) is 4.79 Å². The molecule has 0 saturated carbocycles. The molecule has 0 saturated heterocycles. The molecule has 0 aromatic carbocycles. The van der Waals surface area contributed by atoms with Gasteiger partial charge in [-0.2, -0.15) is 12.6 Å². The second-order valence-corrected chi connectivity index (χ2v) is 3.52. The fourth-order valence-electron chi connectivity index (χ4n) is 0.920. The van der Waals surface area contributed by atoms with Crippen molar-refractivity contribution in [2.75, 3.05) is 0 Å².